The van der Waals surface area contributed by atoms with Gasteiger partial charge in [0.15, 0.2) is 0 Å². The maximum atomic E-state index is 13.6. The molecule has 3 N–H and O–H groups in total. The van der Waals surface area contributed by atoms with Crippen LogP contribution in [0.1, 0.15) is 5.56 Å². The van der Waals surface area contributed by atoms with Crippen LogP contribution in [0.4, 0.5) is 15.8 Å². The largest absolute Gasteiger partial charge is 0.399 e. The minimum absolute atomic E-state index is 0.117. The Hall–Kier alpha value is -2.08. The number of nitrogens with two attached hydrogens (primary N) is 1. The minimum atomic E-state index is -3.81. The summed E-state index contributed by atoms with van der Waals surface area (Å²) in [4.78, 5) is 0.117. The molecule has 0 bridgehead atoms. The van der Waals surface area contributed by atoms with Crippen molar-refractivity contribution in [2.75, 3.05) is 10.5 Å². The van der Waals surface area contributed by atoms with Gasteiger partial charge in [0, 0.05) is 5.69 Å². The normalized spacial score (nSPS) is 11.3. The van der Waals surface area contributed by atoms with Crippen molar-refractivity contribution in [1.82, 2.24) is 0 Å². The van der Waals surface area contributed by atoms with Gasteiger partial charge in [0.2, 0.25) is 0 Å². The lowest BCUT2D eigenvalue weighted by molar-refractivity contribution is 0.598. The van der Waals surface area contributed by atoms with Crippen molar-refractivity contribution in [3.05, 3.63) is 53.8 Å². The van der Waals surface area contributed by atoms with Crippen LogP contribution in [0, 0.1) is 12.7 Å². The first-order chi connectivity index (χ1) is 8.90. The van der Waals surface area contributed by atoms with Gasteiger partial charge in [0.05, 0.1) is 10.6 Å². The van der Waals surface area contributed by atoms with Gasteiger partial charge in [-0.15, -0.1) is 0 Å². The molecule has 0 aromatic heterocycles. The van der Waals surface area contributed by atoms with E-state index in [4.69, 9.17) is 5.73 Å². The Kier molecular flexibility index (Phi) is 3.44. The van der Waals surface area contributed by atoms with E-state index < -0.39 is 15.8 Å². The molecule has 6 heteroatoms. The highest BCUT2D eigenvalue weighted by Crippen LogP contribution is 2.22. The van der Waals surface area contributed by atoms with Gasteiger partial charge in [-0.25, -0.2) is 12.8 Å². The third-order valence-corrected chi connectivity index (χ3v) is 4.15. The zero-order valence-electron chi connectivity index (χ0n) is 10.2. The van der Waals surface area contributed by atoms with Crippen molar-refractivity contribution >= 4 is 21.4 Å². The number of hydrogen-bond donors (Lipinski definition) is 2. The van der Waals surface area contributed by atoms with Crippen LogP contribution < -0.4 is 10.5 Å². The third-order valence-electron chi connectivity index (χ3n) is 2.62. The SMILES string of the molecule is Cc1ccccc1S(=O)(=O)Nc1ccc(N)cc1F. The van der Waals surface area contributed by atoms with Crippen molar-refractivity contribution in [3.63, 3.8) is 0 Å². The lowest BCUT2D eigenvalue weighted by Gasteiger charge is -2.11. The molecule has 0 aliphatic carbocycles. The average molecular weight is 280 g/mol. The Balaban J connectivity index is 2.40. The van der Waals surface area contributed by atoms with Crippen LogP contribution in [-0.4, -0.2) is 8.42 Å². The fraction of sp³-hybridized carbons (Fsp3) is 0.0769. The van der Waals surface area contributed by atoms with Crippen molar-refractivity contribution in [3.8, 4) is 0 Å². The van der Waals surface area contributed by atoms with E-state index in [0.29, 0.717) is 5.56 Å². The van der Waals surface area contributed by atoms with E-state index in [1.165, 1.54) is 18.2 Å². The summed E-state index contributed by atoms with van der Waals surface area (Å²) in [5, 5.41) is 0. The highest BCUT2D eigenvalue weighted by atomic mass is 32.2. The molecule has 2 aromatic rings. The Bertz CT molecular complexity index is 714. The number of hydrogen-bond acceptors (Lipinski definition) is 3. The van der Waals surface area contributed by atoms with Crippen molar-refractivity contribution in [2.45, 2.75) is 11.8 Å². The fourth-order valence-corrected chi connectivity index (χ4v) is 2.99. The summed E-state index contributed by atoms with van der Waals surface area (Å²) in [6, 6.07) is 10.3. The number of benzene rings is 2. The van der Waals surface area contributed by atoms with E-state index in [9.17, 15) is 12.8 Å². The second-order valence-electron chi connectivity index (χ2n) is 4.11. The molecule has 0 saturated carbocycles. The van der Waals surface area contributed by atoms with Crippen molar-refractivity contribution < 1.29 is 12.8 Å². The summed E-state index contributed by atoms with van der Waals surface area (Å²) in [6.07, 6.45) is 0. The third kappa shape index (κ3) is 2.85. The molecule has 0 aliphatic heterocycles. The molecule has 0 amide bonds. The molecular formula is C13H13FN2O2S. The van der Waals surface area contributed by atoms with Gasteiger partial charge < -0.3 is 5.73 Å². The van der Waals surface area contributed by atoms with Crippen molar-refractivity contribution in [2.24, 2.45) is 0 Å². The van der Waals surface area contributed by atoms with E-state index >= 15 is 0 Å². The standard InChI is InChI=1S/C13H13FN2O2S/c1-9-4-2-3-5-13(9)19(17,18)16-12-7-6-10(15)8-11(12)14/h2-8,16H,15H2,1H3. The molecule has 100 valence electrons. The molecule has 0 radical (unpaired) electrons. The highest BCUT2D eigenvalue weighted by molar-refractivity contribution is 7.92. The van der Waals surface area contributed by atoms with Gasteiger partial charge in [0.1, 0.15) is 5.82 Å². The van der Waals surface area contributed by atoms with Gasteiger partial charge in [0.25, 0.3) is 10.0 Å². The predicted molar refractivity (Wildman–Crippen MR) is 72.8 cm³/mol. The van der Waals surface area contributed by atoms with E-state index in [0.717, 1.165) is 6.07 Å². The zero-order valence-corrected chi connectivity index (χ0v) is 11.0. The molecule has 4 nitrogen and oxygen atoms in total. The fourth-order valence-electron chi connectivity index (χ4n) is 1.67. The number of nitrogen functional groups attached to an aromatic ring is 1. The molecule has 0 fully saturated rings. The van der Waals surface area contributed by atoms with Gasteiger partial charge in [-0.1, -0.05) is 18.2 Å². The van der Waals surface area contributed by atoms with E-state index in [1.807, 2.05) is 0 Å². The number of aryl methyl sites for hydroxylation is 1. The molecule has 19 heavy (non-hydrogen) atoms. The second kappa shape index (κ2) is 4.89. The second-order valence-corrected chi connectivity index (χ2v) is 5.76. The predicted octanol–water partition coefficient (Wildman–Crippen LogP) is 2.52. The van der Waals surface area contributed by atoms with Crippen LogP contribution in [0.3, 0.4) is 0 Å². The highest BCUT2D eigenvalue weighted by Gasteiger charge is 2.18. The molecule has 0 saturated heterocycles. The smallest absolute Gasteiger partial charge is 0.262 e. The van der Waals surface area contributed by atoms with Gasteiger partial charge >= 0.3 is 0 Å². The number of anilines is 2. The Morgan fingerprint density at radius 1 is 1.16 bits per heavy atom. The first-order valence-corrected chi connectivity index (χ1v) is 7.02. The molecule has 0 spiro atoms. The number of halogens is 1. The van der Waals surface area contributed by atoms with Crippen molar-refractivity contribution in [1.29, 1.82) is 0 Å². The molecular weight excluding hydrogens is 267 g/mol. The topological polar surface area (TPSA) is 72.2 Å². The molecule has 2 rings (SSSR count). The minimum Gasteiger partial charge on any atom is -0.399 e. The van der Waals surface area contributed by atoms with Crippen LogP contribution in [0.5, 0.6) is 0 Å². The molecule has 0 unspecified atom stereocenters. The van der Waals surface area contributed by atoms with Crippen LogP contribution in [0.2, 0.25) is 0 Å². The Morgan fingerprint density at radius 3 is 2.47 bits per heavy atom. The lowest BCUT2D eigenvalue weighted by atomic mass is 10.2. The van der Waals surface area contributed by atoms with E-state index in [-0.39, 0.29) is 16.3 Å². The van der Waals surface area contributed by atoms with Gasteiger partial charge in [-0.2, -0.15) is 0 Å². The maximum Gasteiger partial charge on any atom is 0.262 e. The average Bonchev–Trinajstić information content (AvgIpc) is 2.33. The monoisotopic (exact) mass is 280 g/mol. The summed E-state index contributed by atoms with van der Waals surface area (Å²) in [5.41, 5.74) is 6.10. The summed E-state index contributed by atoms with van der Waals surface area (Å²) in [7, 11) is -3.81. The molecule has 2 aromatic carbocycles. The van der Waals surface area contributed by atoms with Gasteiger partial charge in [-0.3, -0.25) is 4.72 Å². The first-order valence-electron chi connectivity index (χ1n) is 5.53. The summed E-state index contributed by atoms with van der Waals surface area (Å²) >= 11 is 0. The number of rotatable bonds is 3. The Labute approximate surface area is 111 Å². The summed E-state index contributed by atoms with van der Waals surface area (Å²) in [5.74, 6) is -0.711. The molecule has 0 aliphatic rings. The van der Waals surface area contributed by atoms with Crippen LogP contribution in [-0.2, 0) is 10.0 Å². The first kappa shape index (κ1) is 13.4. The van der Waals surface area contributed by atoms with E-state index in [1.54, 1.807) is 25.1 Å². The molecule has 0 heterocycles. The van der Waals surface area contributed by atoms with Crippen LogP contribution in [0.15, 0.2) is 47.4 Å². The van der Waals surface area contributed by atoms with Crippen LogP contribution in [0.25, 0.3) is 0 Å². The summed E-state index contributed by atoms with van der Waals surface area (Å²) < 4.78 is 40.1. The number of nitrogens with one attached hydrogen (secondary N) is 1. The Morgan fingerprint density at radius 2 is 1.84 bits per heavy atom. The molecule has 0 atom stereocenters. The zero-order chi connectivity index (χ0) is 14.0. The number of sulfonamides is 1. The lowest BCUT2D eigenvalue weighted by Crippen LogP contribution is -2.15. The van der Waals surface area contributed by atoms with Gasteiger partial charge in [-0.05, 0) is 36.8 Å². The van der Waals surface area contributed by atoms with E-state index in [2.05, 4.69) is 4.72 Å². The maximum absolute atomic E-state index is 13.6. The van der Waals surface area contributed by atoms with Crippen LogP contribution >= 0.6 is 0 Å². The summed E-state index contributed by atoms with van der Waals surface area (Å²) in [6.45, 7) is 1.67. The quantitative estimate of drug-likeness (QED) is 0.848.